The molecule has 1 aromatic carbocycles. The van der Waals surface area contributed by atoms with E-state index in [1.807, 2.05) is 19.0 Å². The van der Waals surface area contributed by atoms with Crippen molar-refractivity contribution >= 4 is 23.2 Å². The van der Waals surface area contributed by atoms with Crippen LogP contribution in [0.25, 0.3) is 11.1 Å². The summed E-state index contributed by atoms with van der Waals surface area (Å²) in [5.74, 6) is 0.672. The van der Waals surface area contributed by atoms with Crippen molar-refractivity contribution in [1.82, 2.24) is 9.80 Å². The van der Waals surface area contributed by atoms with Crippen molar-refractivity contribution in [1.29, 1.82) is 0 Å². The first-order chi connectivity index (χ1) is 14.4. The van der Waals surface area contributed by atoms with Crippen molar-refractivity contribution in [2.24, 2.45) is 16.7 Å². The number of likely N-dealkylation sites (tertiary alicyclic amines) is 1. The minimum absolute atomic E-state index is 0.147. The molecule has 2 saturated carbocycles. The molecule has 1 aromatic heterocycles. The standard InChI is InChI=1S/C25H30N2O2S/c1-26(2)23(29)25(14-18-4-6-19(7-5-18)20-8-13-30-16-20)11-12-27(17-25)22(28)21-15-24(21)9-3-10-24/h4-8,13,16,21H,3,9-12,14-15,17H2,1-2H3/t21-,25-/m1/s1. The number of carbonyl (C=O) groups excluding carboxylic acids is 2. The van der Waals surface area contributed by atoms with Gasteiger partial charge >= 0.3 is 0 Å². The van der Waals surface area contributed by atoms with Gasteiger partial charge < -0.3 is 9.80 Å². The maximum absolute atomic E-state index is 13.3. The molecule has 1 saturated heterocycles. The first-order valence-corrected chi connectivity index (χ1v) is 12.0. The van der Waals surface area contributed by atoms with E-state index < -0.39 is 5.41 Å². The Morgan fingerprint density at radius 1 is 1.10 bits per heavy atom. The van der Waals surface area contributed by atoms with E-state index in [-0.39, 0.29) is 11.8 Å². The molecule has 0 radical (unpaired) electrons. The second-order valence-electron chi connectivity index (χ2n) is 9.85. The number of amides is 2. The summed E-state index contributed by atoms with van der Waals surface area (Å²) in [5, 5.41) is 4.24. The van der Waals surface area contributed by atoms with Crippen molar-refractivity contribution in [2.45, 2.75) is 38.5 Å². The van der Waals surface area contributed by atoms with Crippen LogP contribution < -0.4 is 0 Å². The van der Waals surface area contributed by atoms with Crippen LogP contribution in [0.3, 0.4) is 0 Å². The highest BCUT2D eigenvalue weighted by Gasteiger charge is 2.62. The average Bonchev–Trinajstić information content (AvgIpc) is 3.05. The molecule has 5 rings (SSSR count). The van der Waals surface area contributed by atoms with Gasteiger partial charge in [-0.2, -0.15) is 11.3 Å². The Hall–Kier alpha value is -2.14. The van der Waals surface area contributed by atoms with Gasteiger partial charge in [-0.25, -0.2) is 0 Å². The van der Waals surface area contributed by atoms with Crippen LogP contribution in [-0.2, 0) is 16.0 Å². The molecule has 2 heterocycles. The van der Waals surface area contributed by atoms with E-state index in [9.17, 15) is 9.59 Å². The lowest BCUT2D eigenvalue weighted by Crippen LogP contribution is -2.45. The molecule has 2 amide bonds. The predicted molar refractivity (Wildman–Crippen MR) is 120 cm³/mol. The van der Waals surface area contributed by atoms with Crippen molar-refractivity contribution in [3.63, 3.8) is 0 Å². The number of benzene rings is 1. The Balaban J connectivity index is 1.33. The molecule has 0 N–H and O–H groups in total. The second kappa shape index (κ2) is 7.23. The van der Waals surface area contributed by atoms with Crippen LogP contribution in [0.5, 0.6) is 0 Å². The Labute approximate surface area is 182 Å². The number of hydrogen-bond acceptors (Lipinski definition) is 3. The van der Waals surface area contributed by atoms with Crippen LogP contribution in [0, 0.1) is 16.7 Å². The van der Waals surface area contributed by atoms with E-state index in [1.54, 1.807) is 16.2 Å². The summed E-state index contributed by atoms with van der Waals surface area (Å²) in [6.45, 7) is 1.26. The lowest BCUT2D eigenvalue weighted by Gasteiger charge is -2.32. The van der Waals surface area contributed by atoms with Crippen LogP contribution in [0.1, 0.15) is 37.7 Å². The van der Waals surface area contributed by atoms with E-state index in [1.165, 1.54) is 36.0 Å². The highest BCUT2D eigenvalue weighted by molar-refractivity contribution is 7.08. The van der Waals surface area contributed by atoms with Crippen molar-refractivity contribution in [2.75, 3.05) is 27.2 Å². The molecule has 1 spiro atoms. The molecular formula is C25H30N2O2S. The maximum atomic E-state index is 13.3. The smallest absolute Gasteiger partial charge is 0.230 e. The van der Waals surface area contributed by atoms with Gasteiger partial charge in [-0.05, 0) is 71.0 Å². The highest BCUT2D eigenvalue weighted by atomic mass is 32.1. The average molecular weight is 423 g/mol. The predicted octanol–water partition coefficient (Wildman–Crippen LogP) is 4.45. The van der Waals surface area contributed by atoms with Crippen LogP contribution in [0.2, 0.25) is 0 Å². The van der Waals surface area contributed by atoms with E-state index in [0.717, 1.165) is 12.8 Å². The monoisotopic (exact) mass is 422 g/mol. The Morgan fingerprint density at radius 3 is 2.43 bits per heavy atom. The Morgan fingerprint density at radius 2 is 1.87 bits per heavy atom. The first kappa shape index (κ1) is 19.8. The SMILES string of the molecule is CN(C)C(=O)[C@@]1(Cc2ccc(-c3ccsc3)cc2)CCN(C(=O)[C@H]2CC23CCC3)C1. The lowest BCUT2D eigenvalue weighted by atomic mass is 9.79. The third kappa shape index (κ3) is 3.27. The van der Waals surface area contributed by atoms with Gasteiger partial charge in [-0.1, -0.05) is 30.7 Å². The van der Waals surface area contributed by atoms with Gasteiger partial charge in [0.25, 0.3) is 0 Å². The molecule has 30 heavy (non-hydrogen) atoms. The zero-order valence-electron chi connectivity index (χ0n) is 17.9. The van der Waals surface area contributed by atoms with Crippen LogP contribution >= 0.6 is 11.3 Å². The third-order valence-corrected chi connectivity index (χ3v) is 8.40. The largest absolute Gasteiger partial charge is 0.348 e. The summed E-state index contributed by atoms with van der Waals surface area (Å²) in [7, 11) is 3.66. The van der Waals surface area contributed by atoms with E-state index in [2.05, 4.69) is 41.1 Å². The fourth-order valence-electron chi connectivity index (χ4n) is 5.66. The van der Waals surface area contributed by atoms with Gasteiger partial charge in [0.05, 0.1) is 5.41 Å². The van der Waals surface area contributed by atoms with Crippen LogP contribution in [0.15, 0.2) is 41.1 Å². The molecular weight excluding hydrogens is 392 g/mol. The molecule has 3 aliphatic rings. The van der Waals surface area contributed by atoms with Crippen molar-refractivity contribution < 1.29 is 9.59 Å². The number of nitrogens with zero attached hydrogens (tertiary/aromatic N) is 2. The molecule has 3 fully saturated rings. The fraction of sp³-hybridized carbons (Fsp3) is 0.520. The molecule has 0 unspecified atom stereocenters. The summed E-state index contributed by atoms with van der Waals surface area (Å²) in [5.41, 5.74) is 3.43. The zero-order valence-corrected chi connectivity index (χ0v) is 18.7. The Kier molecular flexibility index (Phi) is 4.77. The van der Waals surface area contributed by atoms with Gasteiger partial charge in [-0.3, -0.25) is 9.59 Å². The van der Waals surface area contributed by atoms with Crippen LogP contribution in [-0.4, -0.2) is 48.8 Å². The van der Waals surface area contributed by atoms with Crippen LogP contribution in [0.4, 0.5) is 0 Å². The molecule has 2 aliphatic carbocycles. The van der Waals surface area contributed by atoms with E-state index in [0.29, 0.717) is 30.8 Å². The molecule has 5 heteroatoms. The Bertz CT molecular complexity index is 946. The van der Waals surface area contributed by atoms with Gasteiger partial charge in [0.15, 0.2) is 0 Å². The molecule has 2 atom stereocenters. The minimum atomic E-state index is -0.509. The number of rotatable bonds is 5. The maximum Gasteiger partial charge on any atom is 0.230 e. The van der Waals surface area contributed by atoms with Gasteiger partial charge in [0.1, 0.15) is 0 Å². The summed E-state index contributed by atoms with van der Waals surface area (Å²) in [6.07, 6.45) is 6.22. The van der Waals surface area contributed by atoms with Crippen molar-refractivity contribution in [3.8, 4) is 11.1 Å². The van der Waals surface area contributed by atoms with E-state index in [4.69, 9.17) is 0 Å². The summed E-state index contributed by atoms with van der Waals surface area (Å²) >= 11 is 1.70. The minimum Gasteiger partial charge on any atom is -0.348 e. The first-order valence-electron chi connectivity index (χ1n) is 11.0. The molecule has 0 bridgehead atoms. The highest BCUT2D eigenvalue weighted by Crippen LogP contribution is 2.66. The third-order valence-electron chi connectivity index (χ3n) is 7.71. The van der Waals surface area contributed by atoms with E-state index >= 15 is 0 Å². The number of hydrogen-bond donors (Lipinski definition) is 0. The second-order valence-corrected chi connectivity index (χ2v) is 10.6. The van der Waals surface area contributed by atoms with Gasteiger partial charge in [-0.15, -0.1) is 0 Å². The normalized spacial score (nSPS) is 26.5. The van der Waals surface area contributed by atoms with Gasteiger partial charge in [0.2, 0.25) is 11.8 Å². The lowest BCUT2D eigenvalue weighted by molar-refractivity contribution is -0.140. The number of thiophene rings is 1. The summed E-state index contributed by atoms with van der Waals surface area (Å²) in [6, 6.07) is 10.7. The topological polar surface area (TPSA) is 40.6 Å². The summed E-state index contributed by atoms with van der Waals surface area (Å²) < 4.78 is 0. The number of carbonyl (C=O) groups is 2. The quantitative estimate of drug-likeness (QED) is 0.714. The molecule has 4 nitrogen and oxygen atoms in total. The fourth-order valence-corrected chi connectivity index (χ4v) is 6.33. The summed E-state index contributed by atoms with van der Waals surface area (Å²) in [4.78, 5) is 30.1. The molecule has 158 valence electrons. The molecule has 1 aliphatic heterocycles. The van der Waals surface area contributed by atoms with Gasteiger partial charge in [0, 0.05) is 33.1 Å². The zero-order chi connectivity index (χ0) is 20.9. The van der Waals surface area contributed by atoms with Crippen molar-refractivity contribution in [3.05, 3.63) is 46.7 Å². The molecule has 2 aromatic rings.